The third kappa shape index (κ3) is 34.5. The van der Waals surface area contributed by atoms with E-state index in [0.29, 0.717) is 13.2 Å². The predicted molar refractivity (Wildman–Crippen MR) is 201 cm³/mol. The molecule has 0 saturated carbocycles. The zero-order valence-electron chi connectivity index (χ0n) is 32.1. The zero-order chi connectivity index (χ0) is 36.2. The molecule has 296 valence electrons. The summed E-state index contributed by atoms with van der Waals surface area (Å²) in [4.78, 5) is 0. The lowest BCUT2D eigenvalue weighted by Gasteiger charge is -2.18. The van der Waals surface area contributed by atoms with Crippen molar-refractivity contribution in [2.75, 3.05) is 26.4 Å². The van der Waals surface area contributed by atoms with E-state index < -0.39 is 28.3 Å². The Labute approximate surface area is 302 Å². The van der Waals surface area contributed by atoms with Gasteiger partial charge >= 0.3 is 15.6 Å². The van der Waals surface area contributed by atoms with E-state index >= 15 is 0 Å². The van der Waals surface area contributed by atoms with Crippen molar-refractivity contribution in [3.05, 3.63) is 0 Å². The summed E-state index contributed by atoms with van der Waals surface area (Å²) in [6, 6.07) is 0. The van der Waals surface area contributed by atoms with Crippen LogP contribution in [0.1, 0.15) is 219 Å². The molecule has 1 unspecified atom stereocenters. The van der Waals surface area contributed by atoms with E-state index in [-0.39, 0.29) is 6.61 Å². The summed E-state index contributed by atoms with van der Waals surface area (Å²) in [5.41, 5.74) is -5.44. The van der Waals surface area contributed by atoms with Crippen molar-refractivity contribution in [1.82, 2.24) is 0 Å². The molecule has 0 radical (unpaired) electrons. The van der Waals surface area contributed by atoms with Gasteiger partial charge in [0.1, 0.15) is 6.10 Å². The van der Waals surface area contributed by atoms with Gasteiger partial charge in [0, 0.05) is 13.2 Å². The highest BCUT2D eigenvalue weighted by Gasteiger charge is 2.47. The average molecular weight is 729 g/mol. The number of hydrogen-bond donors (Lipinski definition) is 0. The van der Waals surface area contributed by atoms with Gasteiger partial charge in [0.2, 0.25) is 0 Å². The van der Waals surface area contributed by atoms with Crippen molar-refractivity contribution in [1.29, 1.82) is 0 Å². The Morgan fingerprint density at radius 3 is 1.02 bits per heavy atom. The van der Waals surface area contributed by atoms with E-state index in [1.54, 1.807) is 0 Å². The number of rotatable bonds is 40. The van der Waals surface area contributed by atoms with Crippen LogP contribution in [0.25, 0.3) is 0 Å². The van der Waals surface area contributed by atoms with E-state index in [1.165, 1.54) is 167 Å². The maximum absolute atomic E-state index is 12.7. The second-order valence-corrected chi connectivity index (χ2v) is 16.0. The second-order valence-electron chi connectivity index (χ2n) is 14.4. The van der Waals surface area contributed by atoms with Crippen LogP contribution in [0.15, 0.2) is 0 Å². The second kappa shape index (κ2) is 36.0. The number of halogens is 3. The van der Waals surface area contributed by atoms with Gasteiger partial charge < -0.3 is 9.47 Å². The van der Waals surface area contributed by atoms with Gasteiger partial charge in [-0.2, -0.15) is 21.6 Å². The van der Waals surface area contributed by atoms with Gasteiger partial charge in [-0.3, -0.25) is 4.18 Å². The molecule has 0 rings (SSSR count). The van der Waals surface area contributed by atoms with Gasteiger partial charge in [-0.05, 0) is 12.8 Å². The van der Waals surface area contributed by atoms with E-state index in [4.69, 9.17) is 9.47 Å². The van der Waals surface area contributed by atoms with Crippen LogP contribution in [0.5, 0.6) is 0 Å². The van der Waals surface area contributed by atoms with Crippen LogP contribution in [0.3, 0.4) is 0 Å². The van der Waals surface area contributed by atoms with Gasteiger partial charge in [0.05, 0.1) is 13.2 Å². The minimum atomic E-state index is -5.65. The largest absolute Gasteiger partial charge is 0.523 e. The molecule has 0 aromatic carbocycles. The molecule has 5 nitrogen and oxygen atoms in total. The van der Waals surface area contributed by atoms with E-state index in [2.05, 4.69) is 18.0 Å². The number of hydrogen-bond acceptors (Lipinski definition) is 5. The van der Waals surface area contributed by atoms with Crippen LogP contribution in [0.4, 0.5) is 13.2 Å². The van der Waals surface area contributed by atoms with E-state index in [0.717, 1.165) is 38.5 Å². The van der Waals surface area contributed by atoms with E-state index in [1.807, 2.05) is 0 Å². The predicted octanol–water partition coefficient (Wildman–Crippen LogP) is 13.8. The Kier molecular flexibility index (Phi) is 35.7. The first-order chi connectivity index (χ1) is 23.7. The molecule has 1 atom stereocenters. The topological polar surface area (TPSA) is 61.8 Å². The van der Waals surface area contributed by atoms with E-state index in [9.17, 15) is 21.6 Å². The Morgan fingerprint density at radius 2 is 0.714 bits per heavy atom. The quantitative estimate of drug-likeness (QED) is 0.0357. The molecule has 0 aliphatic heterocycles. The molecule has 0 aliphatic rings. The molecular formula is C40H79F3O5S. The number of ether oxygens (including phenoxy) is 2. The maximum Gasteiger partial charge on any atom is 0.523 e. The summed E-state index contributed by atoms with van der Waals surface area (Å²) in [6.45, 7) is 4.66. The van der Waals surface area contributed by atoms with Crippen LogP contribution in [-0.2, 0) is 23.8 Å². The Morgan fingerprint density at radius 1 is 0.429 bits per heavy atom. The third-order valence-electron chi connectivity index (χ3n) is 9.49. The minimum absolute atomic E-state index is 0.0188. The van der Waals surface area contributed by atoms with Crippen LogP contribution in [0.2, 0.25) is 0 Å². The average Bonchev–Trinajstić information content (AvgIpc) is 3.07. The number of unbranched alkanes of at least 4 members (excludes halogenated alkanes) is 30. The molecule has 0 fully saturated rings. The summed E-state index contributed by atoms with van der Waals surface area (Å²) in [6.07, 6.45) is 39.8. The molecule has 0 N–H and O–H groups in total. The number of alkyl halides is 3. The summed E-state index contributed by atoms with van der Waals surface area (Å²) < 4.78 is 76.7. The van der Waals surface area contributed by atoms with Crippen molar-refractivity contribution in [3.8, 4) is 0 Å². The first-order valence-electron chi connectivity index (χ1n) is 20.9. The van der Waals surface area contributed by atoms with Crippen molar-refractivity contribution in [2.45, 2.75) is 231 Å². The molecule has 0 saturated heterocycles. The molecule has 9 heteroatoms. The molecule has 0 amide bonds. The lowest BCUT2D eigenvalue weighted by atomic mass is 10.0. The SMILES string of the molecule is CCCCCCCCCCCCCCCCCCOCC(COS(=O)(=O)C(F)(F)F)OCCCCCCCCCCCCCCCCCC. The fourth-order valence-corrected chi connectivity index (χ4v) is 6.71. The molecule has 0 spiro atoms. The summed E-state index contributed by atoms with van der Waals surface area (Å²) in [5.74, 6) is 0. The lowest BCUT2D eigenvalue weighted by molar-refractivity contribution is -0.0662. The van der Waals surface area contributed by atoms with Gasteiger partial charge in [-0.25, -0.2) is 0 Å². The molecule has 0 aromatic rings. The zero-order valence-corrected chi connectivity index (χ0v) is 32.9. The first-order valence-corrected chi connectivity index (χ1v) is 22.3. The first kappa shape index (κ1) is 48.6. The molecule has 0 heterocycles. The highest BCUT2D eigenvalue weighted by molar-refractivity contribution is 7.87. The van der Waals surface area contributed by atoms with Crippen molar-refractivity contribution >= 4 is 10.1 Å². The normalized spacial score (nSPS) is 13.0. The highest BCUT2D eigenvalue weighted by atomic mass is 32.2. The van der Waals surface area contributed by atoms with Crippen LogP contribution in [-0.4, -0.2) is 46.5 Å². The van der Waals surface area contributed by atoms with Crippen LogP contribution < -0.4 is 0 Å². The van der Waals surface area contributed by atoms with Gasteiger partial charge in [0.25, 0.3) is 0 Å². The standard InChI is InChI=1S/C40H79F3O5S/c1-3-5-7-9-11-13-15-17-19-21-23-25-27-29-31-33-35-46-37-39(38-48-49(44,45)40(41,42)43)47-36-34-32-30-28-26-24-22-20-18-16-14-12-10-8-6-4-2/h39H,3-38H2,1-2H3. The van der Waals surface area contributed by atoms with Gasteiger partial charge in [-0.15, -0.1) is 0 Å². The third-order valence-corrected chi connectivity index (χ3v) is 10.5. The van der Waals surface area contributed by atoms with Gasteiger partial charge in [-0.1, -0.05) is 206 Å². The van der Waals surface area contributed by atoms with Crippen molar-refractivity contribution in [3.63, 3.8) is 0 Å². The van der Waals surface area contributed by atoms with Crippen LogP contribution >= 0.6 is 0 Å². The monoisotopic (exact) mass is 729 g/mol. The smallest absolute Gasteiger partial charge is 0.379 e. The van der Waals surface area contributed by atoms with Crippen molar-refractivity contribution in [2.24, 2.45) is 0 Å². The lowest BCUT2D eigenvalue weighted by Crippen LogP contribution is -2.32. The fraction of sp³-hybridized carbons (Fsp3) is 1.00. The fourth-order valence-electron chi connectivity index (χ4n) is 6.24. The molecule has 49 heavy (non-hydrogen) atoms. The van der Waals surface area contributed by atoms with Crippen molar-refractivity contribution < 1.29 is 35.2 Å². The Bertz CT molecular complexity index is 764. The summed E-state index contributed by atoms with van der Waals surface area (Å²) in [5, 5.41) is 0. The Hall–Kier alpha value is -0.380. The maximum atomic E-state index is 12.7. The molecular weight excluding hydrogens is 649 g/mol. The summed E-state index contributed by atoms with van der Waals surface area (Å²) in [7, 11) is -5.65. The van der Waals surface area contributed by atoms with Gasteiger partial charge in [0.15, 0.2) is 0 Å². The highest BCUT2D eigenvalue weighted by Crippen LogP contribution is 2.25. The molecule has 0 aromatic heterocycles. The Balaban J connectivity index is 3.89. The minimum Gasteiger partial charge on any atom is -0.379 e. The summed E-state index contributed by atoms with van der Waals surface area (Å²) >= 11 is 0. The molecule has 0 aliphatic carbocycles. The van der Waals surface area contributed by atoms with Crippen LogP contribution in [0, 0.1) is 0 Å². The molecule has 0 bridgehead atoms.